The summed E-state index contributed by atoms with van der Waals surface area (Å²) >= 11 is 3.38. The van der Waals surface area contributed by atoms with Crippen molar-refractivity contribution in [2.24, 2.45) is 5.92 Å². The number of halogens is 1. The molecular formula is C18H24BrN3O2. The second kappa shape index (κ2) is 8.01. The average Bonchev–Trinajstić information content (AvgIpc) is 2.64. The smallest absolute Gasteiger partial charge is 0.321 e. The minimum Gasteiger partial charge on any atom is -0.339 e. The van der Waals surface area contributed by atoms with Crippen LogP contribution in [0.25, 0.3) is 0 Å². The Morgan fingerprint density at radius 2 is 1.50 bits per heavy atom. The van der Waals surface area contributed by atoms with Crippen molar-refractivity contribution >= 4 is 33.6 Å². The molecule has 2 fully saturated rings. The van der Waals surface area contributed by atoms with Gasteiger partial charge in [0.1, 0.15) is 0 Å². The Hall–Kier alpha value is -1.56. The summed E-state index contributed by atoms with van der Waals surface area (Å²) in [4.78, 5) is 28.6. The standard InChI is InChI=1S/C18H24BrN3O2/c19-15-6-8-16(9-7-15)20-18(24)22-12-10-21(11-13-22)17(23)14-4-2-1-3-5-14/h6-9,14H,1-5,10-13H2,(H,20,24). The lowest BCUT2D eigenvalue weighted by Crippen LogP contribution is -2.53. The highest BCUT2D eigenvalue weighted by molar-refractivity contribution is 9.10. The molecule has 0 aromatic heterocycles. The summed E-state index contributed by atoms with van der Waals surface area (Å²) in [6, 6.07) is 7.43. The van der Waals surface area contributed by atoms with Crippen LogP contribution in [-0.2, 0) is 4.79 Å². The first-order chi connectivity index (χ1) is 11.6. The largest absolute Gasteiger partial charge is 0.339 e. The summed E-state index contributed by atoms with van der Waals surface area (Å²) in [5.41, 5.74) is 0.781. The minimum atomic E-state index is -0.0953. The molecule has 1 aromatic carbocycles. The maximum absolute atomic E-state index is 12.6. The summed E-state index contributed by atoms with van der Waals surface area (Å²) in [5.74, 6) is 0.504. The van der Waals surface area contributed by atoms with Gasteiger partial charge in [-0.15, -0.1) is 0 Å². The number of hydrogen-bond donors (Lipinski definition) is 1. The van der Waals surface area contributed by atoms with E-state index in [0.717, 1.165) is 23.0 Å². The first kappa shape index (κ1) is 17.3. The normalized spacial score (nSPS) is 19.2. The van der Waals surface area contributed by atoms with Crippen molar-refractivity contribution in [3.8, 4) is 0 Å². The van der Waals surface area contributed by atoms with E-state index in [1.165, 1.54) is 19.3 Å². The van der Waals surface area contributed by atoms with Crippen molar-refractivity contribution in [2.75, 3.05) is 31.5 Å². The van der Waals surface area contributed by atoms with Gasteiger partial charge in [-0.1, -0.05) is 35.2 Å². The number of anilines is 1. The van der Waals surface area contributed by atoms with Gasteiger partial charge in [0.05, 0.1) is 0 Å². The molecule has 1 aromatic rings. The SMILES string of the molecule is O=C(Nc1ccc(Br)cc1)N1CCN(C(=O)C2CCCCC2)CC1. The van der Waals surface area contributed by atoms with Crippen LogP contribution >= 0.6 is 15.9 Å². The number of hydrogen-bond acceptors (Lipinski definition) is 2. The lowest BCUT2D eigenvalue weighted by Gasteiger charge is -2.37. The van der Waals surface area contributed by atoms with Gasteiger partial charge in [-0.3, -0.25) is 4.79 Å². The maximum Gasteiger partial charge on any atom is 0.321 e. The van der Waals surface area contributed by atoms with Crippen molar-refractivity contribution in [1.29, 1.82) is 0 Å². The molecule has 1 aliphatic heterocycles. The summed E-state index contributed by atoms with van der Waals surface area (Å²) in [7, 11) is 0. The molecule has 5 nitrogen and oxygen atoms in total. The second-order valence-electron chi connectivity index (χ2n) is 6.58. The number of carbonyl (C=O) groups is 2. The maximum atomic E-state index is 12.6. The minimum absolute atomic E-state index is 0.0953. The predicted molar refractivity (Wildman–Crippen MR) is 97.9 cm³/mol. The molecule has 1 heterocycles. The first-order valence-electron chi connectivity index (χ1n) is 8.74. The summed E-state index contributed by atoms with van der Waals surface area (Å²) < 4.78 is 0.982. The molecule has 0 spiro atoms. The Morgan fingerprint density at radius 3 is 2.12 bits per heavy atom. The molecule has 3 rings (SSSR count). The molecule has 1 N–H and O–H groups in total. The number of urea groups is 1. The van der Waals surface area contributed by atoms with Crippen LogP contribution in [-0.4, -0.2) is 47.9 Å². The number of benzene rings is 1. The van der Waals surface area contributed by atoms with E-state index in [-0.39, 0.29) is 11.9 Å². The van der Waals surface area contributed by atoms with Gasteiger partial charge < -0.3 is 15.1 Å². The molecule has 3 amide bonds. The zero-order valence-corrected chi connectivity index (χ0v) is 15.4. The van der Waals surface area contributed by atoms with E-state index in [9.17, 15) is 9.59 Å². The average molecular weight is 394 g/mol. The molecular weight excluding hydrogens is 370 g/mol. The fourth-order valence-corrected chi connectivity index (χ4v) is 3.74. The molecule has 1 saturated heterocycles. The van der Waals surface area contributed by atoms with Crippen LogP contribution in [0.4, 0.5) is 10.5 Å². The monoisotopic (exact) mass is 393 g/mol. The van der Waals surface area contributed by atoms with Gasteiger partial charge in [0.15, 0.2) is 0 Å². The Labute approximate surface area is 151 Å². The van der Waals surface area contributed by atoms with Crippen LogP contribution in [0.3, 0.4) is 0 Å². The van der Waals surface area contributed by atoms with Crippen LogP contribution in [0.5, 0.6) is 0 Å². The van der Waals surface area contributed by atoms with E-state index in [0.29, 0.717) is 32.1 Å². The van der Waals surface area contributed by atoms with Gasteiger partial charge in [-0.25, -0.2) is 4.79 Å². The third kappa shape index (κ3) is 4.29. The van der Waals surface area contributed by atoms with E-state index in [1.807, 2.05) is 29.2 Å². The highest BCUT2D eigenvalue weighted by atomic mass is 79.9. The lowest BCUT2D eigenvalue weighted by molar-refractivity contribution is -0.137. The third-order valence-electron chi connectivity index (χ3n) is 4.93. The van der Waals surface area contributed by atoms with Crippen LogP contribution < -0.4 is 5.32 Å². The summed E-state index contributed by atoms with van der Waals surface area (Å²) in [6.07, 6.45) is 5.66. The second-order valence-corrected chi connectivity index (χ2v) is 7.50. The molecule has 0 radical (unpaired) electrons. The molecule has 0 bridgehead atoms. The number of piperazine rings is 1. The van der Waals surface area contributed by atoms with E-state index >= 15 is 0 Å². The van der Waals surface area contributed by atoms with E-state index in [4.69, 9.17) is 0 Å². The molecule has 0 unspecified atom stereocenters. The van der Waals surface area contributed by atoms with Crippen LogP contribution in [0.15, 0.2) is 28.7 Å². The van der Waals surface area contributed by atoms with Gasteiger partial charge >= 0.3 is 6.03 Å². The predicted octanol–water partition coefficient (Wildman–Crippen LogP) is 3.71. The van der Waals surface area contributed by atoms with E-state index in [2.05, 4.69) is 21.2 Å². The fourth-order valence-electron chi connectivity index (χ4n) is 3.47. The Kier molecular flexibility index (Phi) is 5.76. The Morgan fingerprint density at radius 1 is 0.917 bits per heavy atom. The number of carbonyl (C=O) groups excluding carboxylic acids is 2. The van der Waals surface area contributed by atoms with E-state index < -0.39 is 0 Å². The van der Waals surface area contributed by atoms with Gasteiger partial charge in [0, 0.05) is 42.3 Å². The zero-order chi connectivity index (χ0) is 16.9. The topological polar surface area (TPSA) is 52.7 Å². The molecule has 1 saturated carbocycles. The molecule has 0 atom stereocenters. The number of amides is 3. The Balaban J connectivity index is 1.48. The molecule has 6 heteroatoms. The number of nitrogens with zero attached hydrogens (tertiary/aromatic N) is 2. The number of rotatable bonds is 2. The Bertz CT molecular complexity index is 576. The van der Waals surface area contributed by atoms with Crippen LogP contribution in [0.2, 0.25) is 0 Å². The van der Waals surface area contributed by atoms with Crippen molar-refractivity contribution in [1.82, 2.24) is 9.80 Å². The summed E-state index contributed by atoms with van der Waals surface area (Å²) in [5, 5.41) is 2.91. The zero-order valence-electron chi connectivity index (χ0n) is 13.8. The van der Waals surface area contributed by atoms with Crippen molar-refractivity contribution in [3.05, 3.63) is 28.7 Å². The van der Waals surface area contributed by atoms with Gasteiger partial charge in [0.25, 0.3) is 0 Å². The number of nitrogens with one attached hydrogen (secondary N) is 1. The quantitative estimate of drug-likeness (QED) is 0.832. The highest BCUT2D eigenvalue weighted by Gasteiger charge is 2.29. The molecule has 130 valence electrons. The van der Waals surface area contributed by atoms with Gasteiger partial charge in [-0.05, 0) is 37.1 Å². The lowest BCUT2D eigenvalue weighted by atomic mass is 9.88. The highest BCUT2D eigenvalue weighted by Crippen LogP contribution is 2.26. The van der Waals surface area contributed by atoms with E-state index in [1.54, 1.807) is 4.90 Å². The van der Waals surface area contributed by atoms with Crippen LogP contribution in [0.1, 0.15) is 32.1 Å². The first-order valence-corrected chi connectivity index (χ1v) is 9.53. The van der Waals surface area contributed by atoms with Gasteiger partial charge in [-0.2, -0.15) is 0 Å². The molecule has 1 aliphatic carbocycles. The summed E-state index contributed by atoms with van der Waals surface area (Å²) in [6.45, 7) is 2.48. The van der Waals surface area contributed by atoms with Crippen molar-refractivity contribution < 1.29 is 9.59 Å². The fraction of sp³-hybridized carbons (Fsp3) is 0.556. The molecule has 24 heavy (non-hydrogen) atoms. The molecule has 2 aliphatic rings. The van der Waals surface area contributed by atoms with Gasteiger partial charge in [0.2, 0.25) is 5.91 Å². The van der Waals surface area contributed by atoms with Crippen LogP contribution in [0, 0.1) is 5.92 Å². The van der Waals surface area contributed by atoms with Crippen molar-refractivity contribution in [3.63, 3.8) is 0 Å². The van der Waals surface area contributed by atoms with Crippen molar-refractivity contribution in [2.45, 2.75) is 32.1 Å². The third-order valence-corrected chi connectivity index (χ3v) is 5.46.